The van der Waals surface area contributed by atoms with Crippen molar-refractivity contribution in [3.05, 3.63) is 22.7 Å². The van der Waals surface area contributed by atoms with E-state index in [0.717, 1.165) is 18.5 Å². The normalized spacial score (nSPS) is 22.3. The summed E-state index contributed by atoms with van der Waals surface area (Å²) in [6, 6.07) is 3.64. The molecule has 6 heteroatoms. The predicted octanol–water partition coefficient (Wildman–Crippen LogP) is 2.80. The van der Waals surface area contributed by atoms with E-state index in [-0.39, 0.29) is 0 Å². The van der Waals surface area contributed by atoms with Gasteiger partial charge in [-0.15, -0.1) is 0 Å². The molecular formula is C15H20ClNO4. The first kappa shape index (κ1) is 15.9. The van der Waals surface area contributed by atoms with Gasteiger partial charge in [-0.05, 0) is 37.9 Å². The SMILES string of the molecule is COc1ccc(CN2CCCC2(C)C(=O)O)c(Cl)c1OC. The number of hydrogen-bond donors (Lipinski definition) is 1. The molecular weight excluding hydrogens is 294 g/mol. The minimum absolute atomic E-state index is 0.469. The molecule has 1 aliphatic rings. The van der Waals surface area contributed by atoms with Crippen molar-refractivity contribution in [1.82, 2.24) is 4.90 Å². The lowest BCUT2D eigenvalue weighted by Crippen LogP contribution is -2.47. The van der Waals surface area contributed by atoms with E-state index in [4.69, 9.17) is 21.1 Å². The summed E-state index contributed by atoms with van der Waals surface area (Å²) in [5, 5.41) is 9.92. The lowest BCUT2D eigenvalue weighted by molar-refractivity contribution is -0.148. The number of methoxy groups -OCH3 is 2. The van der Waals surface area contributed by atoms with Crippen LogP contribution in [0.25, 0.3) is 0 Å². The van der Waals surface area contributed by atoms with Crippen molar-refractivity contribution in [3.8, 4) is 11.5 Å². The summed E-state index contributed by atoms with van der Waals surface area (Å²) in [4.78, 5) is 13.5. The van der Waals surface area contributed by atoms with Gasteiger partial charge in [-0.3, -0.25) is 9.69 Å². The van der Waals surface area contributed by atoms with Crippen LogP contribution in [0.15, 0.2) is 12.1 Å². The zero-order valence-electron chi connectivity index (χ0n) is 12.5. The molecule has 1 atom stereocenters. The maximum absolute atomic E-state index is 11.5. The Labute approximate surface area is 129 Å². The van der Waals surface area contributed by atoms with Crippen LogP contribution in [0.2, 0.25) is 5.02 Å². The first-order valence-corrected chi connectivity index (χ1v) is 7.19. The van der Waals surface area contributed by atoms with Gasteiger partial charge in [0.05, 0.1) is 19.2 Å². The number of halogens is 1. The lowest BCUT2D eigenvalue weighted by Gasteiger charge is -2.31. The topological polar surface area (TPSA) is 59.0 Å². The van der Waals surface area contributed by atoms with Crippen molar-refractivity contribution in [2.75, 3.05) is 20.8 Å². The maximum Gasteiger partial charge on any atom is 0.323 e. The van der Waals surface area contributed by atoms with Crippen LogP contribution in [-0.2, 0) is 11.3 Å². The van der Waals surface area contributed by atoms with Gasteiger partial charge in [0, 0.05) is 6.54 Å². The van der Waals surface area contributed by atoms with Crippen LogP contribution in [0.1, 0.15) is 25.3 Å². The highest BCUT2D eigenvalue weighted by atomic mass is 35.5. The zero-order chi connectivity index (χ0) is 15.6. The monoisotopic (exact) mass is 313 g/mol. The number of carboxylic acids is 1. The summed E-state index contributed by atoms with van der Waals surface area (Å²) in [6.45, 7) is 2.98. The van der Waals surface area contributed by atoms with E-state index in [1.807, 2.05) is 11.0 Å². The second-order valence-electron chi connectivity index (χ2n) is 5.38. The second kappa shape index (κ2) is 6.12. The maximum atomic E-state index is 11.5. The highest BCUT2D eigenvalue weighted by Gasteiger charge is 2.43. The number of nitrogens with zero attached hydrogens (tertiary/aromatic N) is 1. The minimum atomic E-state index is -0.837. The van der Waals surface area contributed by atoms with Gasteiger partial charge in [0.2, 0.25) is 0 Å². The fraction of sp³-hybridized carbons (Fsp3) is 0.533. The van der Waals surface area contributed by atoms with Gasteiger partial charge in [-0.25, -0.2) is 0 Å². The molecule has 21 heavy (non-hydrogen) atoms. The molecule has 1 aromatic rings. The smallest absolute Gasteiger partial charge is 0.323 e. The highest BCUT2D eigenvalue weighted by molar-refractivity contribution is 6.33. The van der Waals surface area contributed by atoms with Gasteiger partial charge >= 0.3 is 5.97 Å². The Hall–Kier alpha value is -1.46. The van der Waals surface area contributed by atoms with E-state index in [2.05, 4.69) is 0 Å². The molecule has 1 aliphatic heterocycles. The van der Waals surface area contributed by atoms with Gasteiger partial charge in [0.15, 0.2) is 11.5 Å². The Bertz CT molecular complexity index is 549. The van der Waals surface area contributed by atoms with E-state index in [1.54, 1.807) is 20.1 Å². The van der Waals surface area contributed by atoms with Gasteiger partial charge in [-0.2, -0.15) is 0 Å². The molecule has 0 aromatic heterocycles. The van der Waals surface area contributed by atoms with Gasteiger partial charge in [-0.1, -0.05) is 17.7 Å². The van der Waals surface area contributed by atoms with Crippen LogP contribution in [0.3, 0.4) is 0 Å². The molecule has 0 radical (unpaired) electrons. The van der Waals surface area contributed by atoms with Gasteiger partial charge in [0.25, 0.3) is 0 Å². The Morgan fingerprint density at radius 2 is 2.14 bits per heavy atom. The van der Waals surface area contributed by atoms with E-state index >= 15 is 0 Å². The summed E-state index contributed by atoms with van der Waals surface area (Å²) < 4.78 is 10.5. The number of likely N-dealkylation sites (tertiary alicyclic amines) is 1. The standard InChI is InChI=1S/C15H20ClNO4/c1-15(14(18)19)7-4-8-17(15)9-10-5-6-11(20-2)13(21-3)12(10)16/h5-6H,4,7-9H2,1-3H3,(H,18,19). The molecule has 1 aromatic carbocycles. The third-order valence-corrected chi connectivity index (χ3v) is 4.59. The first-order chi connectivity index (χ1) is 9.93. The van der Waals surface area contributed by atoms with Crippen LogP contribution >= 0.6 is 11.6 Å². The Balaban J connectivity index is 2.30. The van der Waals surface area contributed by atoms with E-state index in [9.17, 15) is 9.90 Å². The molecule has 0 saturated carbocycles. The minimum Gasteiger partial charge on any atom is -0.493 e. The molecule has 0 bridgehead atoms. The molecule has 5 nitrogen and oxygen atoms in total. The average molecular weight is 314 g/mol. The molecule has 2 rings (SSSR count). The third kappa shape index (κ3) is 2.80. The van der Waals surface area contributed by atoms with Crippen LogP contribution in [-0.4, -0.2) is 42.3 Å². The van der Waals surface area contributed by atoms with Crippen molar-refractivity contribution in [2.45, 2.75) is 31.8 Å². The molecule has 1 fully saturated rings. The number of benzene rings is 1. The Morgan fingerprint density at radius 1 is 1.43 bits per heavy atom. The van der Waals surface area contributed by atoms with E-state index in [1.165, 1.54) is 7.11 Å². The van der Waals surface area contributed by atoms with Crippen molar-refractivity contribution in [2.24, 2.45) is 0 Å². The molecule has 116 valence electrons. The largest absolute Gasteiger partial charge is 0.493 e. The van der Waals surface area contributed by atoms with Crippen molar-refractivity contribution < 1.29 is 19.4 Å². The summed E-state index contributed by atoms with van der Waals surface area (Å²) in [5.74, 6) is 0.248. The van der Waals surface area contributed by atoms with Crippen molar-refractivity contribution >= 4 is 17.6 Å². The predicted molar refractivity (Wildman–Crippen MR) is 80.2 cm³/mol. The number of carboxylic acid groups (broad SMARTS) is 1. The second-order valence-corrected chi connectivity index (χ2v) is 5.76. The number of carbonyl (C=O) groups is 1. The van der Waals surface area contributed by atoms with Crippen LogP contribution in [0.5, 0.6) is 11.5 Å². The first-order valence-electron chi connectivity index (χ1n) is 6.82. The Kier molecular flexibility index (Phi) is 4.64. The van der Waals surface area contributed by atoms with Crippen molar-refractivity contribution in [3.63, 3.8) is 0 Å². The van der Waals surface area contributed by atoms with Crippen molar-refractivity contribution in [1.29, 1.82) is 0 Å². The van der Waals surface area contributed by atoms with Crippen LogP contribution in [0, 0.1) is 0 Å². The Morgan fingerprint density at radius 3 is 2.71 bits per heavy atom. The van der Waals surface area contributed by atoms with Gasteiger partial charge in [0.1, 0.15) is 5.54 Å². The molecule has 1 N–H and O–H groups in total. The summed E-state index contributed by atoms with van der Waals surface area (Å²) in [7, 11) is 3.08. The summed E-state index contributed by atoms with van der Waals surface area (Å²) >= 11 is 6.36. The molecule has 1 saturated heterocycles. The number of ether oxygens (including phenoxy) is 2. The fourth-order valence-electron chi connectivity index (χ4n) is 2.77. The summed E-state index contributed by atoms with van der Waals surface area (Å²) in [6.07, 6.45) is 1.51. The number of hydrogen-bond acceptors (Lipinski definition) is 4. The molecule has 0 spiro atoms. The molecule has 1 heterocycles. The summed E-state index contributed by atoms with van der Waals surface area (Å²) in [5.41, 5.74) is -0.0000622. The molecule has 0 amide bonds. The molecule has 0 aliphatic carbocycles. The average Bonchev–Trinajstić information content (AvgIpc) is 2.83. The number of rotatable bonds is 5. The van der Waals surface area contributed by atoms with Gasteiger partial charge < -0.3 is 14.6 Å². The molecule has 1 unspecified atom stereocenters. The quantitative estimate of drug-likeness (QED) is 0.906. The third-order valence-electron chi connectivity index (χ3n) is 4.18. The van der Waals surface area contributed by atoms with E-state index in [0.29, 0.717) is 29.5 Å². The highest BCUT2D eigenvalue weighted by Crippen LogP contribution is 2.39. The fourth-order valence-corrected chi connectivity index (χ4v) is 3.07. The lowest BCUT2D eigenvalue weighted by atomic mass is 9.99. The van der Waals surface area contributed by atoms with Crippen LogP contribution in [0.4, 0.5) is 0 Å². The zero-order valence-corrected chi connectivity index (χ0v) is 13.2. The number of aliphatic carboxylic acids is 1. The van der Waals surface area contributed by atoms with E-state index < -0.39 is 11.5 Å². The van der Waals surface area contributed by atoms with Crippen LogP contribution < -0.4 is 9.47 Å².